The fraction of sp³-hybridized carbons (Fsp3) is 0.258. The molecule has 1 aromatic heterocycles. The van der Waals surface area contributed by atoms with Gasteiger partial charge in [0.05, 0.1) is 6.04 Å². The molecular weight excluding hydrogens is 450 g/mol. The van der Waals surface area contributed by atoms with E-state index < -0.39 is 0 Å². The first kappa shape index (κ1) is 23.6. The molecule has 0 aliphatic carbocycles. The minimum atomic E-state index is 0.247. The summed E-state index contributed by atoms with van der Waals surface area (Å²) >= 11 is 6.24. The Hall–Kier alpha value is -3.14. The number of rotatable bonds is 6. The van der Waals surface area contributed by atoms with Crippen molar-refractivity contribution in [2.75, 3.05) is 24.5 Å². The van der Waals surface area contributed by atoms with Crippen molar-refractivity contribution in [1.29, 1.82) is 0 Å². The standard InChI is InChI=1S/C31H32ClN3/c1-23(2)27-10-5-6-12-29(27)28-11-4-3-9-25(28)21-34-19-20-35(31-13-7-8-18-33-31)22-30(34)24-14-16-26(32)17-15-24/h3-18,23,30H,19-22H2,1-2H3/t30-/m0/s1. The predicted molar refractivity (Wildman–Crippen MR) is 147 cm³/mol. The highest BCUT2D eigenvalue weighted by atomic mass is 35.5. The Labute approximate surface area is 214 Å². The van der Waals surface area contributed by atoms with Crippen molar-refractivity contribution in [3.63, 3.8) is 0 Å². The van der Waals surface area contributed by atoms with Crippen molar-refractivity contribution >= 4 is 17.4 Å². The summed E-state index contributed by atoms with van der Waals surface area (Å²) < 4.78 is 0. The maximum absolute atomic E-state index is 6.24. The number of pyridine rings is 1. The van der Waals surface area contributed by atoms with Crippen LogP contribution in [0, 0.1) is 0 Å². The molecule has 1 aliphatic rings. The average Bonchev–Trinajstić information content (AvgIpc) is 2.90. The van der Waals surface area contributed by atoms with Gasteiger partial charge in [-0.1, -0.05) is 92.2 Å². The molecule has 0 spiro atoms. The summed E-state index contributed by atoms with van der Waals surface area (Å²) in [7, 11) is 0. The lowest BCUT2D eigenvalue weighted by Crippen LogP contribution is -2.48. The lowest BCUT2D eigenvalue weighted by atomic mass is 9.90. The summed E-state index contributed by atoms with van der Waals surface area (Å²) in [6.45, 7) is 8.24. The van der Waals surface area contributed by atoms with Gasteiger partial charge in [0.25, 0.3) is 0 Å². The van der Waals surface area contributed by atoms with Crippen LogP contribution in [0.15, 0.2) is 97.2 Å². The molecule has 0 N–H and O–H groups in total. The van der Waals surface area contributed by atoms with Gasteiger partial charge in [-0.3, -0.25) is 4.90 Å². The molecule has 1 saturated heterocycles. The second kappa shape index (κ2) is 10.6. The van der Waals surface area contributed by atoms with Gasteiger partial charge in [-0.05, 0) is 58.0 Å². The van der Waals surface area contributed by atoms with Gasteiger partial charge in [0.2, 0.25) is 0 Å². The van der Waals surface area contributed by atoms with Gasteiger partial charge >= 0.3 is 0 Å². The number of anilines is 1. The smallest absolute Gasteiger partial charge is 0.128 e. The summed E-state index contributed by atoms with van der Waals surface area (Å²) in [5.41, 5.74) is 6.72. The first-order valence-electron chi connectivity index (χ1n) is 12.4. The fourth-order valence-corrected chi connectivity index (χ4v) is 5.27. The maximum Gasteiger partial charge on any atom is 0.128 e. The number of aromatic nitrogens is 1. The van der Waals surface area contributed by atoms with Gasteiger partial charge in [-0.15, -0.1) is 0 Å². The van der Waals surface area contributed by atoms with Gasteiger partial charge in [0.15, 0.2) is 0 Å². The zero-order chi connectivity index (χ0) is 24.2. The number of nitrogens with zero attached hydrogens (tertiary/aromatic N) is 3. The van der Waals surface area contributed by atoms with E-state index in [1.165, 1.54) is 27.8 Å². The number of benzene rings is 3. The van der Waals surface area contributed by atoms with Crippen LogP contribution in [-0.4, -0.2) is 29.5 Å². The van der Waals surface area contributed by atoms with E-state index in [0.717, 1.165) is 37.0 Å². The van der Waals surface area contributed by atoms with Crippen molar-refractivity contribution in [3.8, 4) is 11.1 Å². The minimum absolute atomic E-state index is 0.247. The molecule has 0 saturated carbocycles. The maximum atomic E-state index is 6.24. The Bertz CT molecular complexity index is 1250. The summed E-state index contributed by atoms with van der Waals surface area (Å²) in [5.74, 6) is 1.51. The van der Waals surface area contributed by atoms with Crippen LogP contribution < -0.4 is 4.90 Å². The fourth-order valence-electron chi connectivity index (χ4n) is 5.15. The lowest BCUT2D eigenvalue weighted by molar-refractivity contribution is 0.169. The number of hydrogen-bond donors (Lipinski definition) is 0. The van der Waals surface area contributed by atoms with E-state index in [2.05, 4.69) is 101 Å². The van der Waals surface area contributed by atoms with Crippen LogP contribution in [0.25, 0.3) is 11.1 Å². The molecule has 4 heteroatoms. The van der Waals surface area contributed by atoms with Crippen LogP contribution in [0.5, 0.6) is 0 Å². The SMILES string of the molecule is CC(C)c1ccccc1-c1ccccc1CN1CCN(c2ccccn2)C[C@H]1c1ccc(Cl)cc1. The quantitative estimate of drug-likeness (QED) is 0.283. The van der Waals surface area contributed by atoms with Crippen LogP contribution in [-0.2, 0) is 6.54 Å². The van der Waals surface area contributed by atoms with E-state index in [-0.39, 0.29) is 6.04 Å². The zero-order valence-corrected chi connectivity index (χ0v) is 21.2. The normalized spacial score (nSPS) is 16.6. The average molecular weight is 482 g/mol. The van der Waals surface area contributed by atoms with Gasteiger partial charge < -0.3 is 4.90 Å². The Morgan fingerprint density at radius 2 is 1.54 bits per heavy atom. The van der Waals surface area contributed by atoms with Crippen LogP contribution in [0.3, 0.4) is 0 Å². The van der Waals surface area contributed by atoms with Crippen molar-refractivity contribution in [2.45, 2.75) is 32.4 Å². The van der Waals surface area contributed by atoms with E-state index in [4.69, 9.17) is 11.6 Å². The second-order valence-corrected chi connectivity index (χ2v) is 10.0. The molecule has 0 amide bonds. The predicted octanol–water partition coefficient (Wildman–Crippen LogP) is 7.59. The van der Waals surface area contributed by atoms with Gasteiger partial charge in [-0.2, -0.15) is 0 Å². The third-order valence-electron chi connectivity index (χ3n) is 6.98. The number of hydrogen-bond acceptors (Lipinski definition) is 3. The Kier molecular flexibility index (Phi) is 7.17. The molecule has 1 fully saturated rings. The van der Waals surface area contributed by atoms with Crippen LogP contribution in [0.1, 0.15) is 42.5 Å². The number of piperazine rings is 1. The Balaban J connectivity index is 1.48. The molecule has 2 heterocycles. The Morgan fingerprint density at radius 3 is 2.29 bits per heavy atom. The summed E-state index contributed by atoms with van der Waals surface area (Å²) in [6, 6.07) is 32.4. The molecule has 3 aromatic carbocycles. The van der Waals surface area contributed by atoms with Gasteiger partial charge in [-0.25, -0.2) is 4.98 Å². The summed E-state index contributed by atoms with van der Waals surface area (Å²) in [6.07, 6.45) is 1.88. The highest BCUT2D eigenvalue weighted by Crippen LogP contribution is 2.35. The lowest BCUT2D eigenvalue weighted by Gasteiger charge is -2.42. The Morgan fingerprint density at radius 1 is 0.829 bits per heavy atom. The molecular formula is C31H32ClN3. The third-order valence-corrected chi connectivity index (χ3v) is 7.24. The molecule has 0 bridgehead atoms. The third kappa shape index (κ3) is 5.27. The molecule has 35 heavy (non-hydrogen) atoms. The largest absolute Gasteiger partial charge is 0.353 e. The minimum Gasteiger partial charge on any atom is -0.353 e. The molecule has 4 aromatic rings. The van der Waals surface area contributed by atoms with E-state index >= 15 is 0 Å². The first-order chi connectivity index (χ1) is 17.1. The summed E-state index contributed by atoms with van der Waals surface area (Å²) in [5, 5.41) is 0.772. The highest BCUT2D eigenvalue weighted by molar-refractivity contribution is 6.30. The topological polar surface area (TPSA) is 19.4 Å². The molecule has 3 nitrogen and oxygen atoms in total. The summed E-state index contributed by atoms with van der Waals surface area (Å²) in [4.78, 5) is 9.63. The van der Waals surface area contributed by atoms with Crippen molar-refractivity contribution in [3.05, 3.63) is 119 Å². The molecule has 1 aliphatic heterocycles. The van der Waals surface area contributed by atoms with Crippen LogP contribution in [0.2, 0.25) is 5.02 Å². The highest BCUT2D eigenvalue weighted by Gasteiger charge is 2.29. The number of halogens is 1. The van der Waals surface area contributed by atoms with Crippen molar-refractivity contribution < 1.29 is 0 Å². The van der Waals surface area contributed by atoms with Gasteiger partial charge in [0.1, 0.15) is 5.82 Å². The van der Waals surface area contributed by atoms with E-state index in [0.29, 0.717) is 5.92 Å². The zero-order valence-electron chi connectivity index (χ0n) is 20.4. The van der Waals surface area contributed by atoms with Crippen molar-refractivity contribution in [1.82, 2.24) is 9.88 Å². The molecule has 1 atom stereocenters. The van der Waals surface area contributed by atoms with E-state index in [1.54, 1.807) is 0 Å². The van der Waals surface area contributed by atoms with Gasteiger partial charge in [0, 0.05) is 37.4 Å². The van der Waals surface area contributed by atoms with Crippen LogP contribution >= 0.6 is 11.6 Å². The van der Waals surface area contributed by atoms with E-state index in [1.807, 2.05) is 24.4 Å². The molecule has 5 rings (SSSR count). The van der Waals surface area contributed by atoms with E-state index in [9.17, 15) is 0 Å². The van der Waals surface area contributed by atoms with Crippen molar-refractivity contribution in [2.24, 2.45) is 0 Å². The molecule has 0 unspecified atom stereocenters. The second-order valence-electron chi connectivity index (χ2n) is 9.57. The first-order valence-corrected chi connectivity index (χ1v) is 12.8. The molecule has 0 radical (unpaired) electrons. The monoisotopic (exact) mass is 481 g/mol. The molecule has 178 valence electrons. The van der Waals surface area contributed by atoms with Crippen LogP contribution in [0.4, 0.5) is 5.82 Å².